The molecule has 0 fully saturated rings. The van der Waals surface area contributed by atoms with Crippen molar-refractivity contribution in [3.8, 4) is 0 Å². The Morgan fingerprint density at radius 3 is 2.59 bits per heavy atom. The highest BCUT2D eigenvalue weighted by molar-refractivity contribution is 7.12. The summed E-state index contributed by atoms with van der Waals surface area (Å²) >= 11 is 1.34. The van der Waals surface area contributed by atoms with Crippen molar-refractivity contribution in [3.05, 3.63) is 45.5 Å². The molecule has 5 heteroatoms. The highest BCUT2D eigenvalue weighted by Crippen LogP contribution is 2.22. The van der Waals surface area contributed by atoms with Crippen molar-refractivity contribution in [1.82, 2.24) is 0 Å². The zero-order valence-corrected chi connectivity index (χ0v) is 9.91. The number of carbonyl (C=O) groups excluding carboxylic acids is 1. The van der Waals surface area contributed by atoms with Gasteiger partial charge < -0.3 is 9.52 Å². The summed E-state index contributed by atoms with van der Waals surface area (Å²) in [5.41, 5.74) is 0.952. The molecule has 17 heavy (non-hydrogen) atoms. The first kappa shape index (κ1) is 11.6. The van der Waals surface area contributed by atoms with Crippen LogP contribution in [0.4, 0.5) is 0 Å². The topological polar surface area (TPSA) is 67.5 Å². The Morgan fingerprint density at radius 2 is 2.00 bits per heavy atom. The number of furan rings is 1. The number of hydrogen-bond donors (Lipinski definition) is 1. The minimum atomic E-state index is -1.18. The zero-order chi connectivity index (χ0) is 12.4. The maximum atomic E-state index is 12.0. The fourth-order valence-electron chi connectivity index (χ4n) is 1.50. The van der Waals surface area contributed by atoms with Crippen molar-refractivity contribution in [2.24, 2.45) is 0 Å². The molecule has 1 N–H and O–H groups in total. The van der Waals surface area contributed by atoms with Gasteiger partial charge in [-0.05, 0) is 35.6 Å². The second kappa shape index (κ2) is 4.55. The van der Waals surface area contributed by atoms with Crippen LogP contribution < -0.4 is 0 Å². The Balaban J connectivity index is 2.34. The van der Waals surface area contributed by atoms with E-state index in [0.717, 1.165) is 12.0 Å². The lowest BCUT2D eigenvalue weighted by atomic mass is 10.1. The van der Waals surface area contributed by atoms with E-state index in [2.05, 4.69) is 0 Å². The van der Waals surface area contributed by atoms with Crippen LogP contribution in [-0.2, 0) is 6.42 Å². The third-order valence-electron chi connectivity index (χ3n) is 2.37. The zero-order valence-electron chi connectivity index (χ0n) is 9.10. The molecule has 2 rings (SSSR count). The van der Waals surface area contributed by atoms with Crippen LogP contribution in [0.15, 0.2) is 28.0 Å². The number of rotatable bonds is 4. The summed E-state index contributed by atoms with van der Waals surface area (Å²) in [7, 11) is 0. The molecule has 2 aromatic heterocycles. The minimum absolute atomic E-state index is 0.0690. The number of carboxylic acids is 1. The first-order valence-corrected chi connectivity index (χ1v) is 5.95. The molecular formula is C12H10O4S. The molecule has 0 aliphatic carbocycles. The van der Waals surface area contributed by atoms with Crippen LogP contribution in [-0.4, -0.2) is 16.9 Å². The van der Waals surface area contributed by atoms with Crippen LogP contribution in [0.3, 0.4) is 0 Å². The number of carbonyl (C=O) groups is 2. The molecule has 0 amide bonds. The Hall–Kier alpha value is -1.88. The van der Waals surface area contributed by atoms with E-state index in [0.29, 0.717) is 4.88 Å². The Morgan fingerprint density at radius 1 is 1.29 bits per heavy atom. The van der Waals surface area contributed by atoms with Gasteiger partial charge in [-0.1, -0.05) is 6.92 Å². The first-order valence-electron chi connectivity index (χ1n) is 5.07. The van der Waals surface area contributed by atoms with E-state index in [1.807, 2.05) is 18.4 Å². The Labute approximate surface area is 102 Å². The molecule has 0 bridgehead atoms. The summed E-state index contributed by atoms with van der Waals surface area (Å²) in [5.74, 6) is -1.59. The van der Waals surface area contributed by atoms with Crippen LogP contribution in [0.2, 0.25) is 0 Å². The Bertz CT molecular complexity index is 565. The summed E-state index contributed by atoms with van der Waals surface area (Å²) < 4.78 is 4.99. The molecule has 88 valence electrons. The standard InChI is InChI=1S/C12H10O4S/c1-2-7-5-6-17-11(7)10(13)8-3-4-9(16-8)12(14)15/h3-6H,2H2,1H3,(H,14,15). The van der Waals surface area contributed by atoms with Gasteiger partial charge in [-0.25, -0.2) is 4.79 Å². The summed E-state index contributed by atoms with van der Waals surface area (Å²) in [4.78, 5) is 23.3. The van der Waals surface area contributed by atoms with Crippen LogP contribution in [0, 0.1) is 0 Å². The predicted octanol–water partition coefficient (Wildman–Crippen LogP) is 2.83. The largest absolute Gasteiger partial charge is 0.475 e. The molecule has 0 aliphatic heterocycles. The lowest BCUT2D eigenvalue weighted by Gasteiger charge is -1.97. The van der Waals surface area contributed by atoms with Gasteiger partial charge in [0.2, 0.25) is 11.5 Å². The highest BCUT2D eigenvalue weighted by Gasteiger charge is 2.19. The van der Waals surface area contributed by atoms with E-state index in [1.54, 1.807) is 0 Å². The maximum Gasteiger partial charge on any atom is 0.371 e. The van der Waals surface area contributed by atoms with Gasteiger partial charge in [-0.15, -0.1) is 11.3 Å². The normalized spacial score (nSPS) is 10.4. The number of aromatic carboxylic acids is 1. The highest BCUT2D eigenvalue weighted by atomic mass is 32.1. The fraction of sp³-hybridized carbons (Fsp3) is 0.167. The van der Waals surface area contributed by atoms with Crippen LogP contribution >= 0.6 is 11.3 Å². The van der Waals surface area contributed by atoms with Gasteiger partial charge >= 0.3 is 5.97 Å². The molecule has 0 aromatic carbocycles. The number of ketones is 1. The second-order valence-electron chi connectivity index (χ2n) is 3.43. The van der Waals surface area contributed by atoms with Crippen molar-refractivity contribution in [2.45, 2.75) is 13.3 Å². The lowest BCUT2D eigenvalue weighted by Crippen LogP contribution is -2.00. The summed E-state index contributed by atoms with van der Waals surface area (Å²) in [6, 6.07) is 4.57. The van der Waals surface area contributed by atoms with Gasteiger partial charge in [-0.2, -0.15) is 0 Å². The van der Waals surface area contributed by atoms with E-state index in [4.69, 9.17) is 9.52 Å². The molecule has 2 heterocycles. The monoisotopic (exact) mass is 250 g/mol. The van der Waals surface area contributed by atoms with Gasteiger partial charge in [0.15, 0.2) is 5.76 Å². The third kappa shape index (κ3) is 2.14. The van der Waals surface area contributed by atoms with Gasteiger partial charge in [0.1, 0.15) is 0 Å². The number of hydrogen-bond acceptors (Lipinski definition) is 4. The smallest absolute Gasteiger partial charge is 0.371 e. The molecule has 0 spiro atoms. The first-order chi connectivity index (χ1) is 8.13. The average molecular weight is 250 g/mol. The lowest BCUT2D eigenvalue weighted by molar-refractivity contribution is 0.0660. The summed E-state index contributed by atoms with van der Waals surface area (Å²) in [5, 5.41) is 10.5. The molecule has 0 unspecified atom stereocenters. The summed E-state index contributed by atoms with van der Waals surface area (Å²) in [6.07, 6.45) is 0.761. The molecule has 0 radical (unpaired) electrons. The fourth-order valence-corrected chi connectivity index (χ4v) is 2.44. The van der Waals surface area contributed by atoms with Crippen LogP contribution in [0.25, 0.3) is 0 Å². The Kier molecular flexibility index (Phi) is 3.10. The van der Waals surface area contributed by atoms with Gasteiger partial charge in [0, 0.05) is 0 Å². The van der Waals surface area contributed by atoms with Crippen molar-refractivity contribution in [3.63, 3.8) is 0 Å². The molecular weight excluding hydrogens is 240 g/mol. The second-order valence-corrected chi connectivity index (χ2v) is 4.34. The number of aryl methyl sites for hydroxylation is 1. The van der Waals surface area contributed by atoms with E-state index < -0.39 is 5.97 Å². The van der Waals surface area contributed by atoms with Crippen LogP contribution in [0.1, 0.15) is 38.5 Å². The van der Waals surface area contributed by atoms with E-state index in [-0.39, 0.29) is 17.3 Å². The number of thiophene rings is 1. The minimum Gasteiger partial charge on any atom is -0.475 e. The quantitative estimate of drug-likeness (QED) is 0.847. The molecule has 0 aliphatic rings. The van der Waals surface area contributed by atoms with Gasteiger partial charge in [0.25, 0.3) is 0 Å². The van der Waals surface area contributed by atoms with Crippen molar-refractivity contribution in [1.29, 1.82) is 0 Å². The van der Waals surface area contributed by atoms with Crippen LogP contribution in [0.5, 0.6) is 0 Å². The molecule has 0 saturated carbocycles. The molecule has 0 atom stereocenters. The van der Waals surface area contributed by atoms with E-state index >= 15 is 0 Å². The van der Waals surface area contributed by atoms with Crippen molar-refractivity contribution in [2.75, 3.05) is 0 Å². The van der Waals surface area contributed by atoms with Gasteiger partial charge in [-0.3, -0.25) is 4.79 Å². The number of carboxylic acid groups (broad SMARTS) is 1. The molecule has 0 saturated heterocycles. The van der Waals surface area contributed by atoms with E-state index in [9.17, 15) is 9.59 Å². The van der Waals surface area contributed by atoms with Gasteiger partial charge in [0.05, 0.1) is 4.88 Å². The van der Waals surface area contributed by atoms with E-state index in [1.165, 1.54) is 23.5 Å². The predicted molar refractivity (Wildman–Crippen MR) is 62.8 cm³/mol. The molecule has 4 nitrogen and oxygen atoms in total. The molecule has 2 aromatic rings. The average Bonchev–Trinajstić information content (AvgIpc) is 2.96. The summed E-state index contributed by atoms with van der Waals surface area (Å²) in [6.45, 7) is 1.96. The SMILES string of the molecule is CCc1ccsc1C(=O)c1ccc(C(=O)O)o1. The van der Waals surface area contributed by atoms with Crippen molar-refractivity contribution < 1.29 is 19.1 Å². The maximum absolute atomic E-state index is 12.0. The van der Waals surface area contributed by atoms with Crippen molar-refractivity contribution >= 4 is 23.1 Å². The third-order valence-corrected chi connectivity index (χ3v) is 3.33.